The van der Waals surface area contributed by atoms with E-state index in [1.54, 1.807) is 0 Å². The Kier molecular flexibility index (Phi) is 10.2. The molecule has 1 fully saturated rings. The molecule has 2 heteroatoms. The second-order valence-corrected chi connectivity index (χ2v) is 16.5. The van der Waals surface area contributed by atoms with Crippen molar-refractivity contribution in [3.05, 3.63) is 223 Å². The van der Waals surface area contributed by atoms with Crippen LogP contribution in [0.2, 0.25) is 0 Å². The first kappa shape index (κ1) is 38.3. The molecule has 61 heavy (non-hydrogen) atoms. The molecule has 1 saturated carbocycles. The number of aromatic nitrogens is 1. The van der Waals surface area contributed by atoms with Gasteiger partial charge in [-0.3, -0.25) is 0 Å². The van der Waals surface area contributed by atoms with Crippen molar-refractivity contribution in [2.24, 2.45) is 0 Å². The number of benzene rings is 7. The van der Waals surface area contributed by atoms with E-state index >= 15 is 0 Å². The molecule has 1 atom stereocenters. The van der Waals surface area contributed by atoms with Gasteiger partial charge in [-0.1, -0.05) is 166 Å². The summed E-state index contributed by atoms with van der Waals surface area (Å²) < 4.78 is 2.50. The highest BCUT2D eigenvalue weighted by Crippen LogP contribution is 2.47. The third kappa shape index (κ3) is 7.06. The summed E-state index contributed by atoms with van der Waals surface area (Å²) in [7, 11) is 2.25. The van der Waals surface area contributed by atoms with Gasteiger partial charge in [0.1, 0.15) is 0 Å². The highest BCUT2D eigenvalue weighted by Gasteiger charge is 2.29. The highest BCUT2D eigenvalue weighted by atomic mass is 15.1. The second-order valence-electron chi connectivity index (χ2n) is 16.5. The predicted molar refractivity (Wildman–Crippen MR) is 261 cm³/mol. The minimum absolute atomic E-state index is 0.257. The number of anilines is 1. The minimum Gasteiger partial charge on any atom is -0.367 e. The Morgan fingerprint density at radius 3 is 2.00 bits per heavy atom. The van der Waals surface area contributed by atoms with Crippen molar-refractivity contribution in [1.29, 1.82) is 0 Å². The van der Waals surface area contributed by atoms with Crippen LogP contribution in [-0.4, -0.2) is 17.7 Å². The van der Waals surface area contributed by atoms with Crippen molar-refractivity contribution in [3.8, 4) is 50.2 Å². The summed E-state index contributed by atoms with van der Waals surface area (Å²) in [5.74, 6) is 0.639. The number of nitrogens with zero attached hydrogens (tertiary/aromatic N) is 2. The fraction of sp³-hybridized carbons (Fsp3) is 0.153. The van der Waals surface area contributed by atoms with E-state index in [0.29, 0.717) is 5.92 Å². The zero-order valence-corrected chi connectivity index (χ0v) is 35.5. The summed E-state index contributed by atoms with van der Waals surface area (Å²) >= 11 is 0. The SMILES string of the molecule is C=C(c1ccccc1C1CC1)c1ccc(-c2cc(-c3ccccc3)cc(-c3ccc4c5c(n(-c6ccccc6)c4c3)Cc3ccccc3-5)c2)cc1N(C)C1C=CC=CC1.CC. The van der Waals surface area contributed by atoms with E-state index in [1.165, 1.54) is 108 Å². The molecule has 11 rings (SSSR count). The summed E-state index contributed by atoms with van der Waals surface area (Å²) in [6, 6.07) is 61.1. The van der Waals surface area contributed by atoms with Crippen molar-refractivity contribution in [2.75, 3.05) is 11.9 Å². The Bertz CT molecular complexity index is 2980. The number of hydrogen-bond acceptors (Lipinski definition) is 1. The molecule has 0 aliphatic heterocycles. The molecule has 298 valence electrons. The van der Waals surface area contributed by atoms with Crippen molar-refractivity contribution < 1.29 is 0 Å². The van der Waals surface area contributed by atoms with E-state index in [1.807, 2.05) is 13.8 Å². The third-order valence-electron chi connectivity index (χ3n) is 12.9. The molecular weight excluding hydrogens is 737 g/mol. The Balaban J connectivity index is 0.00000220. The molecule has 3 aliphatic carbocycles. The largest absolute Gasteiger partial charge is 0.367 e. The first-order valence-electron chi connectivity index (χ1n) is 22.1. The van der Waals surface area contributed by atoms with E-state index < -0.39 is 0 Å². The normalized spacial score (nSPS) is 14.9. The Morgan fingerprint density at radius 2 is 1.26 bits per heavy atom. The van der Waals surface area contributed by atoms with Gasteiger partial charge in [0.05, 0.1) is 11.6 Å². The second kappa shape index (κ2) is 16.3. The molecule has 0 N–H and O–H groups in total. The Labute approximate surface area is 361 Å². The molecule has 3 aliphatic rings. The first-order chi connectivity index (χ1) is 30.1. The lowest BCUT2D eigenvalue weighted by Gasteiger charge is -2.31. The summed E-state index contributed by atoms with van der Waals surface area (Å²) in [4.78, 5) is 2.45. The van der Waals surface area contributed by atoms with Gasteiger partial charge in [0.2, 0.25) is 0 Å². The first-order valence-corrected chi connectivity index (χ1v) is 22.1. The fourth-order valence-corrected chi connectivity index (χ4v) is 9.68. The Morgan fingerprint density at radius 1 is 0.607 bits per heavy atom. The molecule has 1 aromatic heterocycles. The quantitative estimate of drug-likeness (QED) is 0.141. The number of rotatable bonds is 9. The molecule has 1 heterocycles. The van der Waals surface area contributed by atoms with Crippen molar-refractivity contribution in [2.45, 2.75) is 51.5 Å². The fourth-order valence-electron chi connectivity index (χ4n) is 9.68. The average molecular weight is 789 g/mol. The van der Waals surface area contributed by atoms with Crippen molar-refractivity contribution in [3.63, 3.8) is 0 Å². The standard InChI is InChI=1S/C57H46N2.C2H6/c1-38(49-23-14-15-24-51(49)40-26-27-40)50-30-28-41(35-54(50)58(2)47-19-8-4-9-20-47)45-32-44(39-16-6-3-7-17-39)33-46(34-45)42-29-31-53-55(36-42)59(48-21-10-5-11-22-48)56-37-43-18-12-13-25-52(43)57(53)56;1-2/h3-19,21-25,28-36,40,47H,1,20,26-27,37H2,2H3;1-2H3. The lowest BCUT2D eigenvalue weighted by atomic mass is 9.89. The van der Waals surface area contributed by atoms with Gasteiger partial charge < -0.3 is 9.47 Å². The third-order valence-corrected chi connectivity index (χ3v) is 12.9. The van der Waals surface area contributed by atoms with Gasteiger partial charge in [0, 0.05) is 47.1 Å². The van der Waals surface area contributed by atoms with Gasteiger partial charge in [-0.25, -0.2) is 0 Å². The molecule has 0 radical (unpaired) electrons. The summed E-state index contributed by atoms with van der Waals surface area (Å²) in [6.07, 6.45) is 13.3. The van der Waals surface area contributed by atoms with Crippen LogP contribution in [0.15, 0.2) is 195 Å². The number of likely N-dealkylation sites (N-methyl/N-ethyl adjacent to an activating group) is 1. The average Bonchev–Trinajstić information content (AvgIpc) is 4.05. The van der Waals surface area contributed by atoms with Crippen LogP contribution >= 0.6 is 0 Å². The molecule has 0 bridgehead atoms. The monoisotopic (exact) mass is 788 g/mol. The van der Waals surface area contributed by atoms with E-state index in [2.05, 4.69) is 205 Å². The van der Waals surface area contributed by atoms with Crippen LogP contribution in [0.4, 0.5) is 5.69 Å². The molecular formula is C59H52N2. The van der Waals surface area contributed by atoms with E-state index in [-0.39, 0.29) is 6.04 Å². The van der Waals surface area contributed by atoms with Gasteiger partial charge in [-0.05, 0) is 129 Å². The van der Waals surface area contributed by atoms with E-state index in [9.17, 15) is 0 Å². The van der Waals surface area contributed by atoms with Crippen molar-refractivity contribution in [1.82, 2.24) is 4.57 Å². The van der Waals surface area contributed by atoms with Crippen LogP contribution in [0.5, 0.6) is 0 Å². The topological polar surface area (TPSA) is 8.17 Å². The predicted octanol–water partition coefficient (Wildman–Crippen LogP) is 15.5. The molecule has 0 amide bonds. The lowest BCUT2D eigenvalue weighted by molar-refractivity contribution is 0.753. The molecule has 8 aromatic rings. The molecule has 1 unspecified atom stereocenters. The number of hydrogen-bond donors (Lipinski definition) is 0. The zero-order chi connectivity index (χ0) is 41.5. The maximum atomic E-state index is 4.79. The van der Waals surface area contributed by atoms with Crippen molar-refractivity contribution >= 4 is 22.2 Å². The highest BCUT2D eigenvalue weighted by molar-refractivity contribution is 6.04. The molecule has 2 nitrogen and oxygen atoms in total. The smallest absolute Gasteiger partial charge is 0.0544 e. The summed E-state index contributed by atoms with van der Waals surface area (Å²) in [5, 5.41) is 1.30. The lowest BCUT2D eigenvalue weighted by Crippen LogP contribution is -2.31. The molecule has 0 saturated heterocycles. The van der Waals surface area contributed by atoms with Gasteiger partial charge in [0.25, 0.3) is 0 Å². The molecule has 0 spiro atoms. The van der Waals surface area contributed by atoms with Gasteiger partial charge >= 0.3 is 0 Å². The number of allylic oxidation sites excluding steroid dienone is 2. The number of fused-ring (bicyclic) bond motifs is 5. The minimum atomic E-state index is 0.257. The number of para-hydroxylation sites is 1. The van der Waals surface area contributed by atoms with Gasteiger partial charge in [-0.2, -0.15) is 0 Å². The van der Waals surface area contributed by atoms with Crippen LogP contribution in [0.25, 0.3) is 66.7 Å². The van der Waals surface area contributed by atoms with Crippen LogP contribution in [0.3, 0.4) is 0 Å². The van der Waals surface area contributed by atoms with E-state index in [4.69, 9.17) is 6.58 Å². The Hall–Kier alpha value is -6.90. The summed E-state index contributed by atoms with van der Waals surface area (Å²) in [6.45, 7) is 8.79. The maximum absolute atomic E-state index is 4.79. The maximum Gasteiger partial charge on any atom is 0.0544 e. The van der Waals surface area contributed by atoms with Crippen LogP contribution in [0, 0.1) is 0 Å². The van der Waals surface area contributed by atoms with Crippen LogP contribution in [-0.2, 0) is 6.42 Å². The van der Waals surface area contributed by atoms with Crippen LogP contribution < -0.4 is 4.90 Å². The zero-order valence-electron chi connectivity index (χ0n) is 35.5. The van der Waals surface area contributed by atoms with Gasteiger partial charge in [-0.15, -0.1) is 0 Å². The van der Waals surface area contributed by atoms with Gasteiger partial charge in [0.15, 0.2) is 0 Å². The van der Waals surface area contributed by atoms with E-state index in [0.717, 1.165) is 18.4 Å². The summed E-state index contributed by atoms with van der Waals surface area (Å²) in [5.41, 5.74) is 21.3. The molecule has 7 aromatic carbocycles. The van der Waals surface area contributed by atoms with Crippen LogP contribution in [0.1, 0.15) is 67.0 Å².